The summed E-state index contributed by atoms with van der Waals surface area (Å²) in [4.78, 5) is 24.0. The molecule has 1 fully saturated rings. The number of carbonyl (C=O) groups is 1. The van der Waals surface area contributed by atoms with Crippen LogP contribution in [0.4, 0.5) is 5.82 Å². The largest absolute Gasteiger partial charge is 0.384 e. The quantitative estimate of drug-likeness (QED) is 0.923. The molecule has 0 aromatic carbocycles. The highest BCUT2D eigenvalue weighted by molar-refractivity contribution is 5.93. The van der Waals surface area contributed by atoms with Crippen LogP contribution in [0.15, 0.2) is 18.2 Å². The molecule has 1 aliphatic carbocycles. The van der Waals surface area contributed by atoms with E-state index in [1.165, 1.54) is 12.8 Å². The van der Waals surface area contributed by atoms with E-state index in [-0.39, 0.29) is 11.9 Å². The van der Waals surface area contributed by atoms with E-state index in [4.69, 9.17) is 10.7 Å². The normalized spacial score (nSPS) is 20.0. The molecule has 2 aromatic heterocycles. The van der Waals surface area contributed by atoms with Crippen LogP contribution in [0, 0.1) is 5.92 Å². The van der Waals surface area contributed by atoms with Crippen LogP contribution in [-0.4, -0.2) is 37.1 Å². The van der Waals surface area contributed by atoms with Crippen molar-refractivity contribution in [3.8, 4) is 0 Å². The van der Waals surface area contributed by atoms with Gasteiger partial charge in [0.25, 0.3) is 5.91 Å². The number of anilines is 1. The maximum Gasteiger partial charge on any atom is 0.273 e. The number of nitrogen functional groups attached to an aromatic ring is 1. The molecule has 1 amide bonds. The van der Waals surface area contributed by atoms with E-state index in [9.17, 15) is 4.79 Å². The molecule has 1 aliphatic heterocycles. The number of amides is 1. The minimum absolute atomic E-state index is 0.0653. The van der Waals surface area contributed by atoms with E-state index in [0.717, 1.165) is 18.1 Å². The zero-order chi connectivity index (χ0) is 17.6. The lowest BCUT2D eigenvalue weighted by molar-refractivity contribution is 0.0572. The number of pyridine rings is 1. The highest BCUT2D eigenvalue weighted by Gasteiger charge is 2.37. The van der Waals surface area contributed by atoms with Crippen LogP contribution in [0.2, 0.25) is 0 Å². The van der Waals surface area contributed by atoms with Crippen molar-refractivity contribution in [3.05, 3.63) is 35.5 Å². The fourth-order valence-corrected chi connectivity index (χ4v) is 3.44. The Morgan fingerprint density at radius 1 is 1.28 bits per heavy atom. The van der Waals surface area contributed by atoms with Gasteiger partial charge in [0.2, 0.25) is 0 Å². The summed E-state index contributed by atoms with van der Waals surface area (Å²) < 4.78 is 2.00. The summed E-state index contributed by atoms with van der Waals surface area (Å²) in [5.41, 5.74) is 6.15. The molecule has 132 valence electrons. The van der Waals surface area contributed by atoms with Crippen molar-refractivity contribution in [1.82, 2.24) is 24.6 Å². The van der Waals surface area contributed by atoms with E-state index in [0.29, 0.717) is 36.4 Å². The third-order valence-corrected chi connectivity index (χ3v) is 4.83. The van der Waals surface area contributed by atoms with Gasteiger partial charge in [-0.25, -0.2) is 14.6 Å². The SMILES string of the molecule is CC(C)C[C@H]1c2nc(C3CC3)nn2CCN1C(=O)c1cccc(N)n1. The summed E-state index contributed by atoms with van der Waals surface area (Å²) in [6.07, 6.45) is 3.21. The van der Waals surface area contributed by atoms with Crippen molar-refractivity contribution in [3.63, 3.8) is 0 Å². The van der Waals surface area contributed by atoms with Crippen molar-refractivity contribution in [2.75, 3.05) is 12.3 Å². The van der Waals surface area contributed by atoms with Crippen molar-refractivity contribution >= 4 is 11.7 Å². The van der Waals surface area contributed by atoms with Crippen molar-refractivity contribution in [2.24, 2.45) is 5.92 Å². The lowest BCUT2D eigenvalue weighted by Gasteiger charge is -2.35. The van der Waals surface area contributed by atoms with Crippen molar-refractivity contribution < 1.29 is 4.79 Å². The van der Waals surface area contributed by atoms with Gasteiger partial charge in [-0.15, -0.1) is 0 Å². The zero-order valence-corrected chi connectivity index (χ0v) is 14.7. The van der Waals surface area contributed by atoms with Crippen LogP contribution in [0.5, 0.6) is 0 Å². The number of hydrogen-bond acceptors (Lipinski definition) is 5. The highest BCUT2D eigenvalue weighted by atomic mass is 16.2. The lowest BCUT2D eigenvalue weighted by atomic mass is 10.00. The maximum absolute atomic E-state index is 13.1. The Kier molecular flexibility index (Phi) is 3.94. The zero-order valence-electron chi connectivity index (χ0n) is 14.7. The fourth-order valence-electron chi connectivity index (χ4n) is 3.44. The van der Waals surface area contributed by atoms with Crippen LogP contribution in [0.25, 0.3) is 0 Å². The summed E-state index contributed by atoms with van der Waals surface area (Å²) in [6.45, 7) is 5.63. The minimum Gasteiger partial charge on any atom is -0.384 e. The standard InChI is InChI=1S/C18H24N6O/c1-11(2)10-14-17-21-16(12-6-7-12)22-24(17)9-8-23(14)18(25)13-4-3-5-15(19)20-13/h3-5,11-12,14H,6-10H2,1-2H3,(H2,19,20)/t14-/m0/s1. The molecular formula is C18H24N6O. The Balaban J connectivity index is 1.67. The van der Waals surface area contributed by atoms with Crippen LogP contribution < -0.4 is 5.73 Å². The number of nitrogens with two attached hydrogens (primary N) is 1. The van der Waals surface area contributed by atoms with E-state index < -0.39 is 0 Å². The molecule has 0 bridgehead atoms. The molecule has 0 unspecified atom stereocenters. The Morgan fingerprint density at radius 3 is 2.76 bits per heavy atom. The first-order chi connectivity index (χ1) is 12.0. The number of hydrogen-bond donors (Lipinski definition) is 1. The molecule has 25 heavy (non-hydrogen) atoms. The van der Waals surface area contributed by atoms with E-state index in [1.807, 2.05) is 9.58 Å². The van der Waals surface area contributed by atoms with Gasteiger partial charge < -0.3 is 10.6 Å². The average Bonchev–Trinajstić information content (AvgIpc) is 3.33. The topological polar surface area (TPSA) is 89.9 Å². The molecule has 2 aliphatic rings. The maximum atomic E-state index is 13.1. The van der Waals surface area contributed by atoms with Gasteiger partial charge >= 0.3 is 0 Å². The molecule has 7 heteroatoms. The molecule has 2 N–H and O–H groups in total. The van der Waals surface area contributed by atoms with Gasteiger partial charge in [-0.1, -0.05) is 19.9 Å². The van der Waals surface area contributed by atoms with E-state index >= 15 is 0 Å². The highest BCUT2D eigenvalue weighted by Crippen LogP contribution is 2.40. The predicted molar refractivity (Wildman–Crippen MR) is 93.9 cm³/mol. The molecule has 0 spiro atoms. The lowest BCUT2D eigenvalue weighted by Crippen LogP contribution is -2.43. The second-order valence-corrected chi connectivity index (χ2v) is 7.42. The van der Waals surface area contributed by atoms with E-state index in [2.05, 4.69) is 23.9 Å². The van der Waals surface area contributed by atoms with Gasteiger partial charge in [-0.3, -0.25) is 4.79 Å². The average molecular weight is 340 g/mol. The van der Waals surface area contributed by atoms with Gasteiger partial charge in [0.15, 0.2) is 5.82 Å². The molecule has 0 radical (unpaired) electrons. The van der Waals surface area contributed by atoms with Crippen molar-refractivity contribution in [2.45, 2.75) is 51.6 Å². The predicted octanol–water partition coefficient (Wildman–Crippen LogP) is 2.38. The van der Waals surface area contributed by atoms with E-state index in [1.54, 1.807) is 18.2 Å². The molecular weight excluding hydrogens is 316 g/mol. The van der Waals surface area contributed by atoms with Crippen LogP contribution in [0.3, 0.4) is 0 Å². The molecule has 4 rings (SSSR count). The third kappa shape index (κ3) is 3.10. The van der Waals surface area contributed by atoms with Crippen molar-refractivity contribution in [1.29, 1.82) is 0 Å². The molecule has 1 atom stereocenters. The number of rotatable bonds is 4. The fraction of sp³-hybridized carbons (Fsp3) is 0.556. The summed E-state index contributed by atoms with van der Waals surface area (Å²) in [6, 6.07) is 5.12. The number of nitrogens with zero attached hydrogens (tertiary/aromatic N) is 5. The molecule has 1 saturated carbocycles. The molecule has 3 heterocycles. The molecule has 0 saturated heterocycles. The Hall–Kier alpha value is -2.44. The second kappa shape index (κ2) is 6.13. The first-order valence-corrected chi connectivity index (χ1v) is 9.01. The summed E-state index contributed by atoms with van der Waals surface area (Å²) in [7, 11) is 0. The van der Waals surface area contributed by atoms with Crippen LogP contribution in [0.1, 0.15) is 67.2 Å². The minimum atomic E-state index is -0.0832. The summed E-state index contributed by atoms with van der Waals surface area (Å²) in [5, 5.41) is 4.68. The molecule has 2 aromatic rings. The number of aromatic nitrogens is 4. The second-order valence-electron chi connectivity index (χ2n) is 7.42. The third-order valence-electron chi connectivity index (χ3n) is 4.83. The summed E-state index contributed by atoms with van der Waals surface area (Å²) >= 11 is 0. The van der Waals surface area contributed by atoms with Gasteiger partial charge in [0.1, 0.15) is 17.3 Å². The monoisotopic (exact) mass is 340 g/mol. The number of carbonyl (C=O) groups excluding carboxylic acids is 1. The van der Waals surface area contributed by atoms with Gasteiger partial charge in [-0.05, 0) is 37.3 Å². The Bertz CT molecular complexity index is 795. The van der Waals surface area contributed by atoms with Crippen LogP contribution in [-0.2, 0) is 6.54 Å². The first-order valence-electron chi connectivity index (χ1n) is 9.01. The van der Waals surface area contributed by atoms with Gasteiger partial charge in [0, 0.05) is 12.5 Å². The first kappa shape index (κ1) is 16.1. The van der Waals surface area contributed by atoms with Gasteiger partial charge in [0.05, 0.1) is 12.6 Å². The smallest absolute Gasteiger partial charge is 0.273 e. The Labute approximate surface area is 147 Å². The summed E-state index contributed by atoms with van der Waals surface area (Å²) in [5.74, 6) is 3.10. The van der Waals surface area contributed by atoms with Crippen LogP contribution >= 0.6 is 0 Å². The Morgan fingerprint density at radius 2 is 2.08 bits per heavy atom. The van der Waals surface area contributed by atoms with Gasteiger partial charge in [-0.2, -0.15) is 5.10 Å². The number of fused-ring (bicyclic) bond motifs is 1. The molecule has 7 nitrogen and oxygen atoms in total.